The maximum absolute atomic E-state index is 12.7. The lowest BCUT2D eigenvalue weighted by Gasteiger charge is -2.47. The molecule has 1 heterocycles. The second-order valence-electron chi connectivity index (χ2n) is 8.74. The van der Waals surface area contributed by atoms with Gasteiger partial charge in [-0.1, -0.05) is 12.5 Å². The molecule has 1 amide bonds. The van der Waals surface area contributed by atoms with Gasteiger partial charge < -0.3 is 9.64 Å². The van der Waals surface area contributed by atoms with Gasteiger partial charge in [-0.25, -0.2) is 4.79 Å². The predicted molar refractivity (Wildman–Crippen MR) is 102 cm³/mol. The Kier molecular flexibility index (Phi) is 6.66. The highest BCUT2D eigenvalue weighted by Crippen LogP contribution is 2.37. The normalized spacial score (nSPS) is 23.9. The van der Waals surface area contributed by atoms with Crippen LogP contribution in [-0.4, -0.2) is 41.9 Å². The first-order valence-corrected chi connectivity index (χ1v) is 8.99. The molecular weight excluding hydrogens is 300 g/mol. The molecule has 0 N–H and O–H groups in total. The number of rotatable bonds is 3. The van der Waals surface area contributed by atoms with Crippen LogP contribution in [0.15, 0.2) is 16.1 Å². The third kappa shape index (κ3) is 5.35. The first-order chi connectivity index (χ1) is 10.9. The van der Waals surface area contributed by atoms with Crippen molar-refractivity contribution in [3.05, 3.63) is 11.1 Å². The molecule has 1 fully saturated rings. The van der Waals surface area contributed by atoms with E-state index in [2.05, 4.69) is 39.6 Å². The van der Waals surface area contributed by atoms with Gasteiger partial charge in [0, 0.05) is 25.3 Å². The number of hydrogen-bond donors (Lipinski definition) is 0. The summed E-state index contributed by atoms with van der Waals surface area (Å²) in [4.78, 5) is 18.7. The van der Waals surface area contributed by atoms with E-state index >= 15 is 0 Å². The quantitative estimate of drug-likeness (QED) is 0.674. The third-order valence-electron chi connectivity index (χ3n) is 5.22. The molecule has 0 aromatic rings. The highest BCUT2D eigenvalue weighted by molar-refractivity contribution is 5.78. The molecule has 0 saturated carbocycles. The average Bonchev–Trinajstić information content (AvgIpc) is 2.43. The Balaban J connectivity index is 2.96. The molecule has 2 atom stereocenters. The molecule has 1 rings (SSSR count). The molecule has 1 aliphatic heterocycles. The van der Waals surface area contributed by atoms with Crippen LogP contribution in [-0.2, 0) is 4.74 Å². The second-order valence-corrected chi connectivity index (χ2v) is 8.74. The van der Waals surface area contributed by atoms with Crippen molar-refractivity contribution in [2.24, 2.45) is 16.8 Å². The molecule has 0 spiro atoms. The first-order valence-electron chi connectivity index (χ1n) is 8.99. The van der Waals surface area contributed by atoms with E-state index in [1.165, 1.54) is 11.1 Å². The van der Waals surface area contributed by atoms with Gasteiger partial charge in [0.15, 0.2) is 0 Å². The number of carbonyl (C=O) groups is 1. The Morgan fingerprint density at radius 3 is 2.42 bits per heavy atom. The van der Waals surface area contributed by atoms with Crippen LogP contribution in [0.5, 0.6) is 0 Å². The number of allylic oxidation sites excluding steroid dienone is 2. The number of nitrogens with zero attached hydrogens (tertiary/aromatic N) is 2. The minimum absolute atomic E-state index is 0.157. The summed E-state index contributed by atoms with van der Waals surface area (Å²) >= 11 is 0. The van der Waals surface area contributed by atoms with Crippen molar-refractivity contribution in [2.75, 3.05) is 13.6 Å². The number of likely N-dealkylation sites (tertiary alicyclic amines) is 1. The van der Waals surface area contributed by atoms with Gasteiger partial charge in [-0.3, -0.25) is 4.99 Å². The SMILES string of the molecule is CN=C/C(C)=C(/C)C(C)C1CCC(C)(C)N(C(=O)OC(C)(C)C)C1. The third-order valence-corrected chi connectivity index (χ3v) is 5.22. The molecule has 0 aliphatic carbocycles. The maximum Gasteiger partial charge on any atom is 0.410 e. The molecule has 4 heteroatoms. The van der Waals surface area contributed by atoms with E-state index in [4.69, 9.17) is 4.74 Å². The highest BCUT2D eigenvalue weighted by Gasteiger charge is 2.40. The van der Waals surface area contributed by atoms with Crippen LogP contribution in [0.4, 0.5) is 4.79 Å². The molecule has 138 valence electrons. The van der Waals surface area contributed by atoms with Gasteiger partial charge in [0.25, 0.3) is 0 Å². The van der Waals surface area contributed by atoms with E-state index in [1.54, 1.807) is 7.05 Å². The van der Waals surface area contributed by atoms with Gasteiger partial charge in [-0.15, -0.1) is 0 Å². The van der Waals surface area contributed by atoms with Crippen molar-refractivity contribution in [3.8, 4) is 0 Å². The summed E-state index contributed by atoms with van der Waals surface area (Å²) in [6.07, 6.45) is 3.85. The van der Waals surface area contributed by atoms with Crippen molar-refractivity contribution in [3.63, 3.8) is 0 Å². The lowest BCUT2D eigenvalue weighted by Crippen LogP contribution is -2.55. The Hall–Kier alpha value is -1.32. The predicted octanol–water partition coefficient (Wildman–Crippen LogP) is 5.09. The van der Waals surface area contributed by atoms with Gasteiger partial charge in [0.2, 0.25) is 0 Å². The number of hydrogen-bond acceptors (Lipinski definition) is 3. The van der Waals surface area contributed by atoms with Crippen molar-refractivity contribution in [2.45, 2.75) is 79.4 Å². The van der Waals surface area contributed by atoms with Gasteiger partial charge in [-0.05, 0) is 78.7 Å². The molecule has 0 aromatic carbocycles. The summed E-state index contributed by atoms with van der Waals surface area (Å²) in [6.45, 7) is 17.3. The first kappa shape index (κ1) is 20.7. The minimum Gasteiger partial charge on any atom is -0.444 e. The Labute approximate surface area is 148 Å². The summed E-state index contributed by atoms with van der Waals surface area (Å²) in [5, 5.41) is 0. The fraction of sp³-hybridized carbons (Fsp3) is 0.800. The van der Waals surface area contributed by atoms with Gasteiger partial charge in [-0.2, -0.15) is 0 Å². The molecule has 2 unspecified atom stereocenters. The average molecular weight is 337 g/mol. The molecule has 0 radical (unpaired) electrons. The van der Waals surface area contributed by atoms with E-state index in [0.29, 0.717) is 11.8 Å². The zero-order valence-electron chi connectivity index (χ0n) is 17.1. The molecule has 24 heavy (non-hydrogen) atoms. The monoisotopic (exact) mass is 336 g/mol. The van der Waals surface area contributed by atoms with E-state index in [9.17, 15) is 4.79 Å². The van der Waals surface area contributed by atoms with Crippen LogP contribution in [0.1, 0.15) is 68.2 Å². The van der Waals surface area contributed by atoms with E-state index in [1.807, 2.05) is 31.9 Å². The molecule has 0 aromatic heterocycles. The van der Waals surface area contributed by atoms with Crippen LogP contribution in [0.25, 0.3) is 0 Å². The van der Waals surface area contributed by atoms with Crippen molar-refractivity contribution < 1.29 is 9.53 Å². The zero-order valence-corrected chi connectivity index (χ0v) is 17.1. The summed E-state index contributed by atoms with van der Waals surface area (Å²) in [7, 11) is 1.80. The lowest BCUT2D eigenvalue weighted by atomic mass is 9.76. The smallest absolute Gasteiger partial charge is 0.410 e. The highest BCUT2D eigenvalue weighted by atomic mass is 16.6. The standard InChI is InChI=1S/C20H36N2O2/c1-14(12-21-9)15(2)16(3)17-10-11-20(7,8)22(13-17)18(23)24-19(4,5)6/h12,16-17H,10-11,13H2,1-9H3/b15-14-,21-12?. The fourth-order valence-corrected chi connectivity index (χ4v) is 3.30. The van der Waals surface area contributed by atoms with E-state index < -0.39 is 5.60 Å². The van der Waals surface area contributed by atoms with E-state index in [-0.39, 0.29) is 11.6 Å². The molecule has 4 nitrogen and oxygen atoms in total. The number of amides is 1. The van der Waals surface area contributed by atoms with Crippen molar-refractivity contribution in [1.29, 1.82) is 0 Å². The van der Waals surface area contributed by atoms with Gasteiger partial charge in [0.1, 0.15) is 5.60 Å². The maximum atomic E-state index is 12.7. The molecule has 1 aliphatic rings. The number of aliphatic imine (C=N–C) groups is 1. The summed E-state index contributed by atoms with van der Waals surface area (Å²) in [5.74, 6) is 0.870. The summed E-state index contributed by atoms with van der Waals surface area (Å²) in [5.41, 5.74) is 1.96. The minimum atomic E-state index is -0.463. The van der Waals surface area contributed by atoms with Crippen LogP contribution in [0.2, 0.25) is 0 Å². The molecular formula is C20H36N2O2. The van der Waals surface area contributed by atoms with Crippen molar-refractivity contribution in [1.82, 2.24) is 4.90 Å². The van der Waals surface area contributed by atoms with Gasteiger partial charge >= 0.3 is 6.09 Å². The Morgan fingerprint density at radius 2 is 1.92 bits per heavy atom. The summed E-state index contributed by atoms with van der Waals surface area (Å²) in [6, 6.07) is 0. The van der Waals surface area contributed by atoms with Crippen LogP contribution >= 0.6 is 0 Å². The molecule has 0 bridgehead atoms. The Morgan fingerprint density at radius 1 is 1.33 bits per heavy atom. The fourth-order valence-electron chi connectivity index (χ4n) is 3.30. The summed E-state index contributed by atoms with van der Waals surface area (Å²) < 4.78 is 5.64. The van der Waals surface area contributed by atoms with E-state index in [0.717, 1.165) is 19.4 Å². The number of ether oxygens (including phenoxy) is 1. The zero-order chi connectivity index (χ0) is 18.7. The lowest BCUT2D eigenvalue weighted by molar-refractivity contribution is -0.0196. The number of carbonyl (C=O) groups excluding carboxylic acids is 1. The van der Waals surface area contributed by atoms with Crippen LogP contribution < -0.4 is 0 Å². The van der Waals surface area contributed by atoms with Gasteiger partial charge in [0.05, 0.1) is 0 Å². The number of piperidine rings is 1. The topological polar surface area (TPSA) is 41.9 Å². The van der Waals surface area contributed by atoms with Crippen LogP contribution in [0, 0.1) is 11.8 Å². The van der Waals surface area contributed by atoms with Crippen molar-refractivity contribution >= 4 is 12.3 Å². The largest absolute Gasteiger partial charge is 0.444 e. The van der Waals surface area contributed by atoms with Crippen LogP contribution in [0.3, 0.4) is 0 Å². The Bertz CT molecular complexity index is 512. The second kappa shape index (κ2) is 7.71. The molecule has 1 saturated heterocycles.